The molecule has 0 bridgehead atoms. The van der Waals surface area contributed by atoms with E-state index in [1.807, 2.05) is 24.5 Å². The van der Waals surface area contributed by atoms with Crippen LogP contribution in [0.4, 0.5) is 0 Å². The highest BCUT2D eigenvalue weighted by atomic mass is 14.9. The van der Waals surface area contributed by atoms with Crippen LogP contribution in [0.1, 0.15) is 44.5 Å². The van der Waals surface area contributed by atoms with Gasteiger partial charge < -0.3 is 0 Å². The van der Waals surface area contributed by atoms with Gasteiger partial charge in [-0.1, -0.05) is 291 Å². The van der Waals surface area contributed by atoms with E-state index in [9.17, 15) is 0 Å². The number of nitrogens with zero attached hydrogens (tertiary/aromatic N) is 6. The monoisotopic (exact) mass is 1340 g/mol. The second-order valence-corrected chi connectivity index (χ2v) is 28.3. The average molecular weight is 1350 g/mol. The quantitative estimate of drug-likeness (QED) is 0.143. The number of pyridine rings is 2. The van der Waals surface area contributed by atoms with Gasteiger partial charge in [-0.15, -0.1) is 0 Å². The minimum absolute atomic E-state index is 0.500. The van der Waals surface area contributed by atoms with Gasteiger partial charge in [0, 0.05) is 56.5 Å². The summed E-state index contributed by atoms with van der Waals surface area (Å²) in [7, 11) is 0. The summed E-state index contributed by atoms with van der Waals surface area (Å²) in [6.45, 7) is 0. The summed E-state index contributed by atoms with van der Waals surface area (Å²) in [5, 5.41) is 2.21. The molecule has 0 fully saturated rings. The molecule has 0 amide bonds. The van der Waals surface area contributed by atoms with Crippen molar-refractivity contribution in [3.8, 4) is 146 Å². The molecule has 4 heterocycles. The van der Waals surface area contributed by atoms with Crippen LogP contribution in [0.25, 0.3) is 167 Å². The van der Waals surface area contributed by atoms with E-state index in [0.29, 0.717) is 11.6 Å². The number of benzene rings is 14. The van der Waals surface area contributed by atoms with Crippen LogP contribution in [0.3, 0.4) is 0 Å². The zero-order chi connectivity index (χ0) is 69.6. The maximum absolute atomic E-state index is 5.54. The van der Waals surface area contributed by atoms with E-state index in [1.165, 1.54) is 89.0 Å². The van der Waals surface area contributed by atoms with Crippen LogP contribution in [-0.4, -0.2) is 29.9 Å². The average Bonchev–Trinajstić information content (AvgIpc) is 1.52. The van der Waals surface area contributed by atoms with Gasteiger partial charge in [-0.25, -0.2) is 19.9 Å². The van der Waals surface area contributed by atoms with E-state index >= 15 is 0 Å². The normalized spacial score (nSPS) is 13.2. The Labute approximate surface area is 613 Å². The van der Waals surface area contributed by atoms with Gasteiger partial charge in [-0.05, 0) is 183 Å². The summed E-state index contributed by atoms with van der Waals surface area (Å²) in [5.41, 5.74) is 37.3. The topological polar surface area (TPSA) is 77.3 Å². The Morgan fingerprint density at radius 1 is 0.170 bits per heavy atom. The van der Waals surface area contributed by atoms with E-state index in [1.54, 1.807) is 0 Å². The van der Waals surface area contributed by atoms with Gasteiger partial charge in [0.2, 0.25) is 0 Å². The molecule has 6 nitrogen and oxygen atoms in total. The van der Waals surface area contributed by atoms with Crippen LogP contribution in [0, 0.1) is 0 Å². The lowest BCUT2D eigenvalue weighted by molar-refractivity contribution is 0.794. The molecule has 14 aromatic carbocycles. The van der Waals surface area contributed by atoms with Gasteiger partial charge in [0.15, 0.2) is 11.6 Å². The molecule has 2 spiro atoms. The highest BCUT2D eigenvalue weighted by Crippen LogP contribution is 2.65. The number of rotatable bonds is 9. The third kappa shape index (κ3) is 8.98. The molecule has 22 rings (SSSR count). The molecule has 4 aromatic heterocycles. The standard InChI is InChI=1S/C100H60N6/c1-7-23-83-75(17-1)76-18-2-8-24-84(76)99(83)87-27-11-5-21-79(87)81-49-45-73(57-89(81)99)95-59-93(65-37-29-63(30-38-65)69-47-51-91-71(55-69)15-13-53-101-91)103-97(105-95)67-41-33-61(34-42-67)62-35-43-68(44-36-62)98-104-94(66-39-31-64(32-40-66)70-48-52-92-72(56-70)16-14-54-102-92)60-96(106-98)74-46-50-82-80-22-6-12-28-88(80)100(90(82)58-74)85-25-9-3-19-77(85)78-20-4-10-26-86(78)100/h1-60H. The van der Waals surface area contributed by atoms with Crippen molar-refractivity contribution in [1.82, 2.24) is 29.9 Å². The van der Waals surface area contributed by atoms with Crippen molar-refractivity contribution >= 4 is 21.8 Å². The molecule has 0 atom stereocenters. The fourth-order valence-electron chi connectivity index (χ4n) is 18.1. The summed E-state index contributed by atoms with van der Waals surface area (Å²) >= 11 is 0. The minimum Gasteiger partial charge on any atom is -0.256 e. The SMILES string of the molecule is c1ccc2c(c1)-c1ccccc1C21c2ccccc2-c2ccc(-c3cc(-c4ccc(-c5ccc6ncccc6c5)cc4)nc(-c4ccc(-c5ccc(-c6nc(-c7ccc(-c8ccc9ncccc9c8)cc7)cc(-c7ccc8c(c7)C7(c9ccccc9-c9ccccc97)c7ccccc7-8)n6)cc5)cc4)n3)cc21. The molecule has 106 heavy (non-hydrogen) atoms. The number of fused-ring (bicyclic) bond motifs is 22. The molecular formula is C100H60N6. The summed E-state index contributed by atoms with van der Waals surface area (Å²) in [6, 6.07) is 128. The smallest absolute Gasteiger partial charge is 0.160 e. The predicted octanol–water partition coefficient (Wildman–Crippen LogP) is 24.1. The van der Waals surface area contributed by atoms with Crippen LogP contribution in [-0.2, 0) is 10.8 Å². The Kier molecular flexibility index (Phi) is 13.1. The lowest BCUT2D eigenvalue weighted by atomic mass is 9.70. The van der Waals surface area contributed by atoms with Crippen molar-refractivity contribution in [2.45, 2.75) is 10.8 Å². The number of hydrogen-bond acceptors (Lipinski definition) is 6. The molecule has 18 aromatic rings. The lowest BCUT2D eigenvalue weighted by Crippen LogP contribution is -2.25. The predicted molar refractivity (Wildman–Crippen MR) is 430 cm³/mol. The first-order chi connectivity index (χ1) is 52.5. The van der Waals surface area contributed by atoms with Crippen molar-refractivity contribution < 1.29 is 0 Å². The van der Waals surface area contributed by atoms with E-state index in [-0.39, 0.29) is 0 Å². The Morgan fingerprint density at radius 2 is 0.425 bits per heavy atom. The first-order valence-corrected chi connectivity index (χ1v) is 36.3. The molecular weight excluding hydrogens is 1290 g/mol. The minimum atomic E-state index is -0.500. The number of hydrogen-bond donors (Lipinski definition) is 0. The fourth-order valence-corrected chi connectivity index (χ4v) is 18.1. The molecule has 0 aliphatic heterocycles. The van der Waals surface area contributed by atoms with Gasteiger partial charge in [0.1, 0.15) is 0 Å². The molecule has 0 saturated carbocycles. The molecule has 4 aliphatic rings. The van der Waals surface area contributed by atoms with Gasteiger partial charge >= 0.3 is 0 Å². The highest BCUT2D eigenvalue weighted by Gasteiger charge is 2.53. The summed E-state index contributed by atoms with van der Waals surface area (Å²) in [4.78, 5) is 31.1. The maximum atomic E-state index is 5.54. The van der Waals surface area contributed by atoms with Gasteiger partial charge in [0.05, 0.1) is 44.6 Å². The zero-order valence-electron chi connectivity index (χ0n) is 57.3. The van der Waals surface area contributed by atoms with Crippen molar-refractivity contribution in [3.05, 3.63) is 409 Å². The van der Waals surface area contributed by atoms with Crippen LogP contribution in [0.5, 0.6) is 0 Å². The Morgan fingerprint density at radius 3 is 0.755 bits per heavy atom. The Hall–Kier alpha value is -13.9. The Balaban J connectivity index is 0.638. The third-order valence-corrected chi connectivity index (χ3v) is 22.9. The highest BCUT2D eigenvalue weighted by molar-refractivity contribution is 5.99. The van der Waals surface area contributed by atoms with Gasteiger partial charge in [-0.2, -0.15) is 0 Å². The van der Waals surface area contributed by atoms with Gasteiger partial charge in [0.25, 0.3) is 0 Å². The Bertz CT molecular complexity index is 6160. The summed E-state index contributed by atoms with van der Waals surface area (Å²) < 4.78 is 0. The first-order valence-electron chi connectivity index (χ1n) is 36.3. The van der Waals surface area contributed by atoms with Crippen LogP contribution in [0.2, 0.25) is 0 Å². The molecule has 0 unspecified atom stereocenters. The number of aromatic nitrogens is 6. The van der Waals surface area contributed by atoms with Crippen molar-refractivity contribution in [1.29, 1.82) is 0 Å². The van der Waals surface area contributed by atoms with Crippen LogP contribution < -0.4 is 0 Å². The van der Waals surface area contributed by atoms with E-state index in [0.717, 1.165) is 111 Å². The molecule has 0 radical (unpaired) electrons. The zero-order valence-corrected chi connectivity index (χ0v) is 57.3. The summed E-state index contributed by atoms with van der Waals surface area (Å²) in [5.74, 6) is 1.29. The molecule has 0 N–H and O–H groups in total. The second-order valence-electron chi connectivity index (χ2n) is 28.3. The third-order valence-electron chi connectivity index (χ3n) is 22.9. The molecule has 4 aliphatic carbocycles. The van der Waals surface area contributed by atoms with E-state index in [4.69, 9.17) is 19.9 Å². The van der Waals surface area contributed by atoms with Crippen LogP contribution >= 0.6 is 0 Å². The second kappa shape index (κ2) is 23.3. The molecule has 490 valence electrons. The maximum Gasteiger partial charge on any atom is 0.160 e. The van der Waals surface area contributed by atoms with E-state index < -0.39 is 10.8 Å². The first kappa shape index (κ1) is 59.7. The molecule has 6 heteroatoms. The molecule has 0 saturated heterocycles. The van der Waals surface area contributed by atoms with E-state index in [2.05, 4.69) is 350 Å². The van der Waals surface area contributed by atoms with Gasteiger partial charge in [-0.3, -0.25) is 9.97 Å². The van der Waals surface area contributed by atoms with Crippen molar-refractivity contribution in [2.75, 3.05) is 0 Å². The fraction of sp³-hybridized carbons (Fsp3) is 0.0200. The van der Waals surface area contributed by atoms with Crippen molar-refractivity contribution in [3.63, 3.8) is 0 Å². The van der Waals surface area contributed by atoms with Crippen molar-refractivity contribution in [2.24, 2.45) is 0 Å². The van der Waals surface area contributed by atoms with Crippen LogP contribution in [0.15, 0.2) is 364 Å². The lowest BCUT2D eigenvalue weighted by Gasteiger charge is -2.30. The summed E-state index contributed by atoms with van der Waals surface area (Å²) in [6.07, 6.45) is 3.69. The largest absolute Gasteiger partial charge is 0.256 e.